The van der Waals surface area contributed by atoms with E-state index in [1.807, 2.05) is 44.2 Å². The molecule has 2 rings (SSSR count). The fraction of sp³-hybridized carbons (Fsp3) is 0.333. The molecule has 1 aliphatic rings. The van der Waals surface area contributed by atoms with E-state index in [0.717, 1.165) is 5.56 Å². The second kappa shape index (κ2) is 4.35. The molecule has 16 heavy (non-hydrogen) atoms. The fourth-order valence-electron chi connectivity index (χ4n) is 1.69. The Hall–Kier alpha value is -1.84. The van der Waals surface area contributed by atoms with Gasteiger partial charge in [-0.3, -0.25) is 0 Å². The zero-order chi connectivity index (χ0) is 11.5. The van der Waals surface area contributed by atoms with E-state index in [1.165, 1.54) is 0 Å². The normalized spacial score (nSPS) is 22.3. The molecule has 84 valence electrons. The minimum Gasteiger partial charge on any atom is -0.410 e. The van der Waals surface area contributed by atoms with E-state index in [0.29, 0.717) is 11.4 Å². The molecule has 1 heterocycles. The summed E-state index contributed by atoms with van der Waals surface area (Å²) in [5.74, 6) is 0.180. The second-order valence-electron chi connectivity index (χ2n) is 4.01. The van der Waals surface area contributed by atoms with E-state index in [-0.39, 0.29) is 12.0 Å². The molecule has 1 N–H and O–H groups in total. The highest BCUT2D eigenvalue weighted by molar-refractivity contribution is 6.45. The highest BCUT2D eigenvalue weighted by Crippen LogP contribution is 2.27. The maximum atomic E-state index is 9.04. The van der Waals surface area contributed by atoms with Gasteiger partial charge in [0.1, 0.15) is 5.71 Å². The van der Waals surface area contributed by atoms with Crippen LogP contribution in [0.4, 0.5) is 0 Å². The van der Waals surface area contributed by atoms with E-state index in [9.17, 15) is 0 Å². The van der Waals surface area contributed by atoms with Gasteiger partial charge in [0.2, 0.25) is 0 Å². The number of rotatable bonds is 2. The van der Waals surface area contributed by atoms with Crippen LogP contribution in [0.25, 0.3) is 0 Å². The zero-order valence-corrected chi connectivity index (χ0v) is 9.29. The van der Waals surface area contributed by atoms with Gasteiger partial charge in [-0.2, -0.15) is 0 Å². The van der Waals surface area contributed by atoms with Crippen molar-refractivity contribution >= 4 is 11.4 Å². The quantitative estimate of drug-likeness (QED) is 0.612. The van der Waals surface area contributed by atoms with Crippen LogP contribution >= 0.6 is 0 Å². The molecule has 0 amide bonds. The Balaban J connectivity index is 2.29. The maximum absolute atomic E-state index is 9.04. The van der Waals surface area contributed by atoms with Crippen LogP contribution in [0.2, 0.25) is 0 Å². The smallest absolute Gasteiger partial charge is 0.199 e. The van der Waals surface area contributed by atoms with Crippen molar-refractivity contribution in [1.29, 1.82) is 0 Å². The SMILES string of the molecule is CC(C)C1=NOC(c2ccccc2)/C1=N\O. The van der Waals surface area contributed by atoms with Gasteiger partial charge < -0.3 is 10.0 Å². The van der Waals surface area contributed by atoms with Crippen molar-refractivity contribution < 1.29 is 10.0 Å². The third kappa shape index (κ3) is 1.78. The number of nitrogens with zero attached hydrogens (tertiary/aromatic N) is 2. The number of benzene rings is 1. The van der Waals surface area contributed by atoms with Gasteiger partial charge >= 0.3 is 0 Å². The van der Waals surface area contributed by atoms with Crippen molar-refractivity contribution in [2.45, 2.75) is 20.0 Å². The molecule has 0 spiro atoms. The summed E-state index contributed by atoms with van der Waals surface area (Å²) < 4.78 is 0. The third-order valence-corrected chi connectivity index (χ3v) is 2.52. The average molecular weight is 218 g/mol. The third-order valence-electron chi connectivity index (χ3n) is 2.52. The molecule has 4 nitrogen and oxygen atoms in total. The molecular weight excluding hydrogens is 204 g/mol. The lowest BCUT2D eigenvalue weighted by molar-refractivity contribution is 0.117. The first-order valence-corrected chi connectivity index (χ1v) is 5.25. The summed E-state index contributed by atoms with van der Waals surface area (Å²) >= 11 is 0. The summed E-state index contributed by atoms with van der Waals surface area (Å²) in [5, 5.41) is 16.3. The summed E-state index contributed by atoms with van der Waals surface area (Å²) in [6.45, 7) is 3.97. The Morgan fingerprint density at radius 2 is 2.00 bits per heavy atom. The molecule has 1 aromatic rings. The molecule has 0 radical (unpaired) electrons. The molecule has 1 aliphatic heterocycles. The Morgan fingerprint density at radius 1 is 1.31 bits per heavy atom. The van der Waals surface area contributed by atoms with E-state index in [2.05, 4.69) is 10.3 Å². The van der Waals surface area contributed by atoms with Crippen LogP contribution in [-0.4, -0.2) is 16.6 Å². The van der Waals surface area contributed by atoms with Crippen molar-refractivity contribution in [3.05, 3.63) is 35.9 Å². The Bertz CT molecular complexity index is 424. The lowest BCUT2D eigenvalue weighted by Crippen LogP contribution is -2.21. The van der Waals surface area contributed by atoms with Crippen molar-refractivity contribution in [3.8, 4) is 0 Å². The monoisotopic (exact) mass is 218 g/mol. The Morgan fingerprint density at radius 3 is 2.56 bits per heavy atom. The van der Waals surface area contributed by atoms with Crippen LogP contribution < -0.4 is 0 Å². The Kier molecular flexibility index (Phi) is 2.90. The molecule has 0 bridgehead atoms. The van der Waals surface area contributed by atoms with Gasteiger partial charge in [0, 0.05) is 11.5 Å². The molecule has 0 saturated heterocycles. The topological polar surface area (TPSA) is 54.2 Å². The first-order valence-electron chi connectivity index (χ1n) is 5.25. The predicted octanol–water partition coefficient (Wildman–Crippen LogP) is 2.60. The first kappa shape index (κ1) is 10.7. The largest absolute Gasteiger partial charge is 0.410 e. The summed E-state index contributed by atoms with van der Waals surface area (Å²) in [6, 6.07) is 9.61. The molecule has 0 aromatic heterocycles. The molecule has 0 fully saturated rings. The van der Waals surface area contributed by atoms with E-state index in [4.69, 9.17) is 10.0 Å². The van der Waals surface area contributed by atoms with Crippen LogP contribution in [0, 0.1) is 5.92 Å². The van der Waals surface area contributed by atoms with E-state index in [1.54, 1.807) is 0 Å². The van der Waals surface area contributed by atoms with Crippen LogP contribution in [-0.2, 0) is 4.84 Å². The van der Waals surface area contributed by atoms with Gasteiger partial charge in [0.25, 0.3) is 0 Å². The van der Waals surface area contributed by atoms with Crippen molar-refractivity contribution in [1.82, 2.24) is 0 Å². The van der Waals surface area contributed by atoms with Crippen LogP contribution in [0.5, 0.6) is 0 Å². The first-order chi connectivity index (χ1) is 7.74. The summed E-state index contributed by atoms with van der Waals surface area (Å²) in [5.41, 5.74) is 2.15. The summed E-state index contributed by atoms with van der Waals surface area (Å²) in [7, 11) is 0. The number of hydrogen-bond donors (Lipinski definition) is 1. The van der Waals surface area contributed by atoms with E-state index >= 15 is 0 Å². The van der Waals surface area contributed by atoms with Crippen LogP contribution in [0.15, 0.2) is 40.6 Å². The van der Waals surface area contributed by atoms with Gasteiger partial charge in [-0.25, -0.2) is 0 Å². The molecule has 4 heteroatoms. The highest BCUT2D eigenvalue weighted by atomic mass is 16.6. The zero-order valence-electron chi connectivity index (χ0n) is 9.29. The minimum atomic E-state index is -0.386. The molecule has 0 aliphatic carbocycles. The Labute approximate surface area is 94.2 Å². The van der Waals surface area contributed by atoms with Gasteiger partial charge in [-0.05, 0) is 0 Å². The van der Waals surface area contributed by atoms with Crippen molar-refractivity contribution in [2.75, 3.05) is 0 Å². The lowest BCUT2D eigenvalue weighted by Gasteiger charge is -2.09. The molecular formula is C12H14N2O2. The highest BCUT2D eigenvalue weighted by Gasteiger charge is 2.33. The summed E-state index contributed by atoms with van der Waals surface area (Å²) in [6.07, 6.45) is -0.386. The van der Waals surface area contributed by atoms with Crippen LogP contribution in [0.3, 0.4) is 0 Å². The van der Waals surface area contributed by atoms with Gasteiger partial charge in [0.05, 0.1) is 0 Å². The van der Waals surface area contributed by atoms with Crippen molar-refractivity contribution in [3.63, 3.8) is 0 Å². The van der Waals surface area contributed by atoms with Gasteiger partial charge in [-0.15, -0.1) is 0 Å². The minimum absolute atomic E-state index is 0.180. The van der Waals surface area contributed by atoms with Crippen LogP contribution in [0.1, 0.15) is 25.5 Å². The second-order valence-corrected chi connectivity index (χ2v) is 4.01. The maximum Gasteiger partial charge on any atom is 0.199 e. The van der Waals surface area contributed by atoms with Gasteiger partial charge in [0.15, 0.2) is 11.8 Å². The molecule has 1 atom stereocenters. The predicted molar refractivity (Wildman–Crippen MR) is 61.8 cm³/mol. The summed E-state index contributed by atoms with van der Waals surface area (Å²) in [4.78, 5) is 5.31. The van der Waals surface area contributed by atoms with E-state index < -0.39 is 0 Å². The van der Waals surface area contributed by atoms with Crippen molar-refractivity contribution in [2.24, 2.45) is 16.2 Å². The standard InChI is InChI=1S/C12H14N2O2/c1-8(2)10-11(13-15)12(16-14-10)9-6-4-3-5-7-9/h3-8,12,15H,1-2H3/b13-11-. The average Bonchev–Trinajstić information content (AvgIpc) is 2.73. The lowest BCUT2D eigenvalue weighted by atomic mass is 9.96. The number of hydrogen-bond acceptors (Lipinski definition) is 4. The molecule has 1 unspecified atom stereocenters. The number of oxime groups is 2. The fourth-order valence-corrected chi connectivity index (χ4v) is 1.69. The molecule has 1 aromatic carbocycles. The van der Waals surface area contributed by atoms with Gasteiger partial charge in [-0.1, -0.05) is 54.5 Å². The molecule has 0 saturated carbocycles.